The van der Waals surface area contributed by atoms with Crippen molar-refractivity contribution >= 4 is 32.7 Å². The van der Waals surface area contributed by atoms with Crippen molar-refractivity contribution in [3.05, 3.63) is 131 Å². The molecule has 212 valence electrons. The molecule has 0 bridgehead atoms. The lowest BCUT2D eigenvalue weighted by Crippen LogP contribution is -2.41. The van der Waals surface area contributed by atoms with Crippen LogP contribution in [0.1, 0.15) is 37.4 Å². The summed E-state index contributed by atoms with van der Waals surface area (Å²) in [4.78, 5) is 31.0. The van der Waals surface area contributed by atoms with Gasteiger partial charge in [0.15, 0.2) is 0 Å². The van der Waals surface area contributed by atoms with E-state index in [9.17, 15) is 18.0 Å². The number of hydrogen-bond acceptors (Lipinski definition) is 5. The van der Waals surface area contributed by atoms with Crippen LogP contribution in [-0.2, 0) is 16.6 Å². The molecule has 2 amide bonds. The fraction of sp³-hybridized carbons (Fsp3) is 0.121. The van der Waals surface area contributed by atoms with E-state index < -0.39 is 21.8 Å². The quantitative estimate of drug-likeness (QED) is 0.251. The number of nitrogens with one attached hydrogen (secondary N) is 2. The molecule has 2 N–H and O–H groups in total. The van der Waals surface area contributed by atoms with Gasteiger partial charge in [0.25, 0.3) is 11.8 Å². The Morgan fingerprint density at radius 3 is 2.02 bits per heavy atom. The number of pyridine rings is 1. The zero-order valence-electron chi connectivity index (χ0n) is 23.5. The second kappa shape index (κ2) is 11.9. The predicted octanol–water partition coefficient (Wildman–Crippen LogP) is 5.41. The molecule has 0 radical (unpaired) electrons. The number of hydrazine groups is 1. The highest BCUT2D eigenvalue weighted by Gasteiger charge is 2.21. The Hall–Kier alpha value is -4.86. The van der Waals surface area contributed by atoms with Crippen LogP contribution in [-0.4, -0.2) is 36.6 Å². The number of sulfonamides is 1. The summed E-state index contributed by atoms with van der Waals surface area (Å²) in [5, 5.41) is 0.661. The van der Waals surface area contributed by atoms with Gasteiger partial charge in [-0.15, -0.1) is 0 Å². The van der Waals surface area contributed by atoms with Crippen LogP contribution < -0.4 is 10.9 Å². The number of aromatic nitrogens is 1. The maximum Gasteiger partial charge on any atom is 0.270 e. The number of carbonyl (C=O) groups excluding carboxylic acids is 2. The van der Waals surface area contributed by atoms with Crippen molar-refractivity contribution in [3.8, 4) is 11.3 Å². The summed E-state index contributed by atoms with van der Waals surface area (Å²) in [5.41, 5.74) is 10.7. The van der Waals surface area contributed by atoms with Crippen LogP contribution in [0.3, 0.4) is 0 Å². The van der Waals surface area contributed by atoms with Crippen molar-refractivity contribution < 1.29 is 18.0 Å². The molecule has 0 aliphatic rings. The summed E-state index contributed by atoms with van der Waals surface area (Å²) in [7, 11) is -2.15. The fourth-order valence-corrected chi connectivity index (χ4v) is 5.64. The minimum atomic E-state index is -3.66. The lowest BCUT2D eigenvalue weighted by Gasteiger charge is -2.17. The van der Waals surface area contributed by atoms with Gasteiger partial charge in [-0.3, -0.25) is 20.4 Å². The van der Waals surface area contributed by atoms with E-state index in [2.05, 4.69) is 10.9 Å². The maximum absolute atomic E-state index is 13.2. The lowest BCUT2D eigenvalue weighted by molar-refractivity contribution is 0.0847. The number of amides is 2. The van der Waals surface area contributed by atoms with Crippen molar-refractivity contribution in [2.75, 3.05) is 7.05 Å². The predicted molar refractivity (Wildman–Crippen MR) is 163 cm³/mol. The van der Waals surface area contributed by atoms with Crippen LogP contribution >= 0.6 is 0 Å². The Morgan fingerprint density at radius 1 is 0.762 bits per heavy atom. The Morgan fingerprint density at radius 2 is 1.36 bits per heavy atom. The molecule has 0 aliphatic carbocycles. The van der Waals surface area contributed by atoms with Gasteiger partial charge in [-0.05, 0) is 55.8 Å². The third kappa shape index (κ3) is 6.22. The van der Waals surface area contributed by atoms with E-state index >= 15 is 0 Å². The van der Waals surface area contributed by atoms with Crippen molar-refractivity contribution in [2.24, 2.45) is 0 Å². The van der Waals surface area contributed by atoms with Crippen molar-refractivity contribution in [2.45, 2.75) is 25.3 Å². The molecular weight excluding hydrogens is 548 g/mol. The Bertz CT molecular complexity index is 1870. The number of rotatable bonds is 7. The van der Waals surface area contributed by atoms with Crippen molar-refractivity contribution in [1.29, 1.82) is 0 Å². The highest BCUT2D eigenvalue weighted by molar-refractivity contribution is 7.89. The monoisotopic (exact) mass is 578 g/mol. The zero-order chi connectivity index (χ0) is 29.9. The average molecular weight is 579 g/mol. The molecule has 42 heavy (non-hydrogen) atoms. The molecule has 0 saturated heterocycles. The van der Waals surface area contributed by atoms with E-state index in [4.69, 9.17) is 4.98 Å². The Kier molecular flexibility index (Phi) is 8.15. The second-order valence-corrected chi connectivity index (χ2v) is 12.2. The summed E-state index contributed by atoms with van der Waals surface area (Å²) in [6.07, 6.45) is 0. The molecule has 0 atom stereocenters. The van der Waals surface area contributed by atoms with Gasteiger partial charge in [0, 0.05) is 30.1 Å². The minimum absolute atomic E-state index is 0.132. The van der Waals surface area contributed by atoms with Gasteiger partial charge in [0.2, 0.25) is 10.0 Å². The van der Waals surface area contributed by atoms with Gasteiger partial charge in [-0.1, -0.05) is 77.9 Å². The van der Waals surface area contributed by atoms with Gasteiger partial charge < -0.3 is 0 Å². The van der Waals surface area contributed by atoms with Crippen LogP contribution in [0.2, 0.25) is 0 Å². The first-order valence-corrected chi connectivity index (χ1v) is 14.8. The molecule has 0 spiro atoms. The molecule has 9 heteroatoms. The minimum Gasteiger partial charge on any atom is -0.267 e. The molecule has 8 nitrogen and oxygen atoms in total. The van der Waals surface area contributed by atoms with Crippen LogP contribution in [0.5, 0.6) is 0 Å². The molecule has 0 aliphatic heterocycles. The van der Waals surface area contributed by atoms with E-state index in [0.29, 0.717) is 33.3 Å². The zero-order valence-corrected chi connectivity index (χ0v) is 24.3. The molecule has 0 saturated carbocycles. The molecule has 1 aromatic heterocycles. The molecular formula is C33H30N4O4S. The number of nitrogens with zero attached hydrogens (tertiary/aromatic N) is 2. The lowest BCUT2D eigenvalue weighted by atomic mass is 10.0. The Labute approximate surface area is 245 Å². The first-order valence-electron chi connectivity index (χ1n) is 13.3. The summed E-state index contributed by atoms with van der Waals surface area (Å²) < 4.78 is 27.1. The van der Waals surface area contributed by atoms with Crippen LogP contribution in [0.15, 0.2) is 108 Å². The van der Waals surface area contributed by atoms with Gasteiger partial charge in [-0.25, -0.2) is 13.4 Å². The Balaban J connectivity index is 1.26. The SMILES string of the molecule is Cc1ccc(-c2cc(C(=O)NNC(=O)c3ccc(CN(C)S(=O)(=O)c4ccc(C)cc4)cc3)c3ccccc3n2)cc1. The summed E-state index contributed by atoms with van der Waals surface area (Å²) in [5.74, 6) is -0.984. The van der Waals surface area contributed by atoms with E-state index in [1.54, 1.807) is 54.6 Å². The smallest absolute Gasteiger partial charge is 0.267 e. The first kappa shape index (κ1) is 28.7. The number of carbonyl (C=O) groups is 2. The average Bonchev–Trinajstić information content (AvgIpc) is 3.00. The van der Waals surface area contributed by atoms with Gasteiger partial charge in [0.1, 0.15) is 0 Å². The highest BCUT2D eigenvalue weighted by atomic mass is 32.2. The van der Waals surface area contributed by atoms with Gasteiger partial charge in [-0.2, -0.15) is 4.31 Å². The van der Waals surface area contributed by atoms with Crippen LogP contribution in [0, 0.1) is 13.8 Å². The number of aryl methyl sites for hydroxylation is 2. The van der Waals surface area contributed by atoms with E-state index in [1.807, 2.05) is 62.4 Å². The maximum atomic E-state index is 13.2. The number of para-hydroxylation sites is 1. The largest absolute Gasteiger partial charge is 0.270 e. The van der Waals surface area contributed by atoms with E-state index in [1.165, 1.54) is 11.4 Å². The van der Waals surface area contributed by atoms with E-state index in [-0.39, 0.29) is 11.4 Å². The number of hydrogen-bond donors (Lipinski definition) is 2. The van der Waals surface area contributed by atoms with E-state index in [0.717, 1.165) is 16.7 Å². The molecule has 0 fully saturated rings. The summed E-state index contributed by atoms with van der Waals surface area (Å²) >= 11 is 0. The third-order valence-corrected chi connectivity index (χ3v) is 8.77. The van der Waals surface area contributed by atoms with Crippen LogP contribution in [0.25, 0.3) is 22.2 Å². The molecule has 0 unspecified atom stereocenters. The topological polar surface area (TPSA) is 108 Å². The second-order valence-electron chi connectivity index (χ2n) is 10.1. The normalized spacial score (nSPS) is 11.4. The number of benzene rings is 4. The molecule has 5 rings (SSSR count). The van der Waals surface area contributed by atoms with Crippen molar-refractivity contribution in [3.63, 3.8) is 0 Å². The highest BCUT2D eigenvalue weighted by Crippen LogP contribution is 2.25. The first-order chi connectivity index (χ1) is 20.1. The fourth-order valence-electron chi connectivity index (χ4n) is 4.48. The molecule has 1 heterocycles. The molecule has 4 aromatic carbocycles. The third-order valence-electron chi connectivity index (χ3n) is 6.95. The summed E-state index contributed by atoms with van der Waals surface area (Å²) in [6, 6.07) is 30.1. The number of fused-ring (bicyclic) bond motifs is 1. The van der Waals surface area contributed by atoms with Gasteiger partial charge >= 0.3 is 0 Å². The van der Waals surface area contributed by atoms with Crippen LogP contribution in [0.4, 0.5) is 0 Å². The molecule has 5 aromatic rings. The summed E-state index contributed by atoms with van der Waals surface area (Å²) in [6.45, 7) is 4.03. The van der Waals surface area contributed by atoms with Crippen molar-refractivity contribution in [1.82, 2.24) is 20.1 Å². The standard InChI is InChI=1S/C33H30N4O4S/c1-22-8-14-25(15-9-22)31-20-29(28-6-4-5-7-30(28)34-31)33(39)36-35-32(38)26-16-12-24(13-17-26)21-37(3)42(40,41)27-18-10-23(2)11-19-27/h4-20H,21H2,1-3H3,(H,35,38)(H,36,39). The van der Waals surface area contributed by atoms with Gasteiger partial charge in [0.05, 0.1) is 21.7 Å².